The maximum absolute atomic E-state index is 12.0. The number of rotatable bonds is 6. The summed E-state index contributed by atoms with van der Waals surface area (Å²) < 4.78 is 31.6. The minimum Gasteiger partial charge on any atom is -0.492 e. The molecule has 0 aliphatic rings. The Morgan fingerprint density at radius 3 is 2.55 bits per heavy atom. The maximum Gasteiger partial charge on any atom is 0.264 e. The molecule has 2 rings (SSSR count). The Morgan fingerprint density at radius 2 is 1.95 bits per heavy atom. The second kappa shape index (κ2) is 6.26. The Labute approximate surface area is 116 Å². The zero-order chi connectivity index (χ0) is 14.4. The van der Waals surface area contributed by atoms with Gasteiger partial charge in [-0.2, -0.15) is 5.10 Å². The van der Waals surface area contributed by atoms with Gasteiger partial charge in [-0.05, 0) is 24.3 Å². The largest absolute Gasteiger partial charge is 0.492 e. The van der Waals surface area contributed by atoms with Crippen LogP contribution < -0.4 is 15.2 Å². The summed E-state index contributed by atoms with van der Waals surface area (Å²) in [4.78, 5) is 3.82. The molecule has 0 aliphatic heterocycles. The number of sulfonamides is 1. The molecule has 1 aromatic carbocycles. The lowest BCUT2D eigenvalue weighted by atomic mass is 10.3. The Morgan fingerprint density at radius 1 is 1.20 bits per heavy atom. The number of nitrogens with zero attached hydrogens (tertiary/aromatic N) is 3. The summed E-state index contributed by atoms with van der Waals surface area (Å²) in [5.41, 5.74) is 5.31. The highest BCUT2D eigenvalue weighted by Crippen LogP contribution is 2.17. The van der Waals surface area contributed by atoms with Crippen LogP contribution in [0.1, 0.15) is 0 Å². The summed E-state index contributed by atoms with van der Waals surface area (Å²) in [7, 11) is -3.75. The molecular formula is C11H13N5O3S. The second-order valence-corrected chi connectivity index (χ2v) is 5.36. The summed E-state index contributed by atoms with van der Waals surface area (Å²) in [6.45, 7) is 0.758. The first-order valence-corrected chi connectivity index (χ1v) is 7.19. The van der Waals surface area contributed by atoms with Crippen LogP contribution in [0.25, 0.3) is 0 Å². The lowest BCUT2D eigenvalue weighted by molar-refractivity contribution is 0.328. The highest BCUT2D eigenvalue weighted by atomic mass is 32.2. The van der Waals surface area contributed by atoms with E-state index >= 15 is 0 Å². The molecule has 0 saturated heterocycles. The zero-order valence-electron chi connectivity index (χ0n) is 10.4. The van der Waals surface area contributed by atoms with E-state index in [0.29, 0.717) is 18.9 Å². The van der Waals surface area contributed by atoms with Gasteiger partial charge in [0.05, 0.1) is 17.3 Å². The van der Waals surface area contributed by atoms with Gasteiger partial charge < -0.3 is 10.5 Å². The third-order valence-corrected chi connectivity index (χ3v) is 3.57. The van der Waals surface area contributed by atoms with Gasteiger partial charge in [0.2, 0.25) is 0 Å². The standard InChI is InChI=1S/C11H13N5O3S/c12-5-8-19-9-1-3-10(4-2-9)20(17,18)16-11-13-6-7-14-15-11/h1-4,6-7H,5,8,12H2,(H,13,15,16). The van der Waals surface area contributed by atoms with Crippen molar-refractivity contribution < 1.29 is 13.2 Å². The molecule has 20 heavy (non-hydrogen) atoms. The van der Waals surface area contributed by atoms with Crippen LogP contribution in [0, 0.1) is 0 Å². The predicted molar refractivity (Wildman–Crippen MR) is 71.6 cm³/mol. The van der Waals surface area contributed by atoms with Crippen molar-refractivity contribution in [3.05, 3.63) is 36.7 Å². The molecule has 0 unspecified atom stereocenters. The molecular weight excluding hydrogens is 282 g/mol. The fraction of sp³-hybridized carbons (Fsp3) is 0.182. The van der Waals surface area contributed by atoms with Crippen molar-refractivity contribution in [2.45, 2.75) is 4.90 Å². The molecule has 1 aromatic heterocycles. The van der Waals surface area contributed by atoms with Gasteiger partial charge in [0.1, 0.15) is 12.4 Å². The predicted octanol–water partition coefficient (Wildman–Crippen LogP) is 0.00990. The number of hydrogen-bond donors (Lipinski definition) is 2. The van der Waals surface area contributed by atoms with Crippen molar-refractivity contribution in [2.75, 3.05) is 17.9 Å². The number of ether oxygens (including phenoxy) is 1. The number of aromatic nitrogens is 3. The van der Waals surface area contributed by atoms with Crippen LogP contribution in [0.3, 0.4) is 0 Å². The van der Waals surface area contributed by atoms with Crippen LogP contribution in [0.5, 0.6) is 5.75 Å². The molecule has 2 aromatic rings. The lowest BCUT2D eigenvalue weighted by Crippen LogP contribution is -2.15. The molecule has 1 heterocycles. The molecule has 0 fully saturated rings. The summed E-state index contributed by atoms with van der Waals surface area (Å²) in [5.74, 6) is 0.461. The number of hydrogen-bond acceptors (Lipinski definition) is 7. The Balaban J connectivity index is 2.13. The molecule has 0 radical (unpaired) electrons. The third-order valence-electron chi connectivity index (χ3n) is 2.23. The van der Waals surface area contributed by atoms with Crippen molar-refractivity contribution in [1.82, 2.24) is 15.2 Å². The number of nitrogens with two attached hydrogens (primary N) is 1. The van der Waals surface area contributed by atoms with E-state index in [1.54, 1.807) is 12.1 Å². The Bertz CT molecular complexity index is 646. The van der Waals surface area contributed by atoms with E-state index in [1.807, 2.05) is 0 Å². The number of nitrogens with one attached hydrogen (secondary N) is 1. The normalized spacial score (nSPS) is 11.1. The van der Waals surface area contributed by atoms with Crippen LogP contribution in [-0.2, 0) is 10.0 Å². The summed E-state index contributed by atoms with van der Waals surface area (Å²) in [6.07, 6.45) is 2.69. The van der Waals surface area contributed by atoms with Crippen molar-refractivity contribution in [2.24, 2.45) is 5.73 Å². The van der Waals surface area contributed by atoms with Gasteiger partial charge in [-0.15, -0.1) is 5.10 Å². The topological polar surface area (TPSA) is 120 Å². The van der Waals surface area contributed by atoms with E-state index in [2.05, 4.69) is 19.9 Å². The van der Waals surface area contributed by atoms with Crippen molar-refractivity contribution in [3.63, 3.8) is 0 Å². The minimum atomic E-state index is -3.75. The summed E-state index contributed by atoms with van der Waals surface area (Å²) in [6, 6.07) is 5.94. The highest BCUT2D eigenvalue weighted by molar-refractivity contribution is 7.92. The van der Waals surface area contributed by atoms with Crippen LogP contribution in [0.2, 0.25) is 0 Å². The minimum absolute atomic E-state index is 0.0741. The molecule has 0 amide bonds. The number of benzene rings is 1. The van der Waals surface area contributed by atoms with E-state index in [4.69, 9.17) is 10.5 Å². The first kappa shape index (κ1) is 14.2. The van der Waals surface area contributed by atoms with Crippen LogP contribution in [0.15, 0.2) is 41.6 Å². The number of anilines is 1. The highest BCUT2D eigenvalue weighted by Gasteiger charge is 2.15. The van der Waals surface area contributed by atoms with Gasteiger partial charge in [-0.1, -0.05) is 0 Å². The van der Waals surface area contributed by atoms with E-state index in [0.717, 1.165) is 0 Å². The van der Waals surface area contributed by atoms with E-state index in [-0.39, 0.29) is 10.8 Å². The summed E-state index contributed by atoms with van der Waals surface area (Å²) >= 11 is 0. The lowest BCUT2D eigenvalue weighted by Gasteiger charge is -2.07. The molecule has 3 N–H and O–H groups in total. The molecule has 0 saturated carbocycles. The Kier molecular flexibility index (Phi) is 4.43. The van der Waals surface area contributed by atoms with Crippen molar-refractivity contribution in [1.29, 1.82) is 0 Å². The van der Waals surface area contributed by atoms with Gasteiger partial charge >= 0.3 is 0 Å². The molecule has 8 nitrogen and oxygen atoms in total. The molecule has 0 aliphatic carbocycles. The van der Waals surface area contributed by atoms with Gasteiger partial charge in [0, 0.05) is 6.54 Å². The second-order valence-electron chi connectivity index (χ2n) is 3.68. The van der Waals surface area contributed by atoms with E-state index in [1.165, 1.54) is 24.5 Å². The van der Waals surface area contributed by atoms with E-state index < -0.39 is 10.0 Å². The Hall–Kier alpha value is -2.26. The molecule has 0 atom stereocenters. The fourth-order valence-corrected chi connectivity index (χ4v) is 2.31. The first-order chi connectivity index (χ1) is 9.62. The van der Waals surface area contributed by atoms with Gasteiger partial charge in [-0.25, -0.2) is 18.1 Å². The van der Waals surface area contributed by atoms with Crippen molar-refractivity contribution in [3.8, 4) is 5.75 Å². The average molecular weight is 295 g/mol. The first-order valence-electron chi connectivity index (χ1n) is 5.71. The van der Waals surface area contributed by atoms with Crippen LogP contribution in [-0.4, -0.2) is 36.8 Å². The molecule has 106 valence electrons. The van der Waals surface area contributed by atoms with Gasteiger partial charge in [0.15, 0.2) is 0 Å². The third kappa shape index (κ3) is 3.62. The van der Waals surface area contributed by atoms with E-state index in [9.17, 15) is 8.42 Å². The fourth-order valence-electron chi connectivity index (χ4n) is 1.37. The maximum atomic E-state index is 12.0. The van der Waals surface area contributed by atoms with Crippen LogP contribution in [0.4, 0.5) is 5.95 Å². The quantitative estimate of drug-likeness (QED) is 0.770. The zero-order valence-corrected chi connectivity index (χ0v) is 11.2. The summed E-state index contributed by atoms with van der Waals surface area (Å²) in [5, 5.41) is 7.10. The molecule has 0 spiro atoms. The average Bonchev–Trinajstić information content (AvgIpc) is 2.46. The van der Waals surface area contributed by atoms with Gasteiger partial charge in [-0.3, -0.25) is 0 Å². The smallest absolute Gasteiger partial charge is 0.264 e. The van der Waals surface area contributed by atoms with Crippen LogP contribution >= 0.6 is 0 Å². The molecule has 9 heteroatoms. The monoisotopic (exact) mass is 295 g/mol. The van der Waals surface area contributed by atoms with Gasteiger partial charge in [0.25, 0.3) is 16.0 Å². The molecule has 0 bridgehead atoms. The SMILES string of the molecule is NCCOc1ccc(S(=O)(=O)Nc2nccnn2)cc1. The van der Waals surface area contributed by atoms with Crippen molar-refractivity contribution >= 4 is 16.0 Å².